The summed E-state index contributed by atoms with van der Waals surface area (Å²) < 4.78 is 11.7. The molecule has 2 aromatic rings. The second-order valence-electron chi connectivity index (χ2n) is 5.71. The molecule has 0 radical (unpaired) electrons. The number of benzene rings is 1. The number of hydrogen-bond acceptors (Lipinski definition) is 4. The van der Waals surface area contributed by atoms with Crippen molar-refractivity contribution in [3.8, 4) is 0 Å². The minimum atomic E-state index is -0.359. The fourth-order valence-corrected chi connectivity index (χ4v) is 2.39. The second kappa shape index (κ2) is 7.42. The van der Waals surface area contributed by atoms with Crippen LogP contribution >= 0.6 is 0 Å². The van der Waals surface area contributed by atoms with Gasteiger partial charge < -0.3 is 14.4 Å². The van der Waals surface area contributed by atoms with E-state index >= 15 is 0 Å². The van der Waals surface area contributed by atoms with Crippen LogP contribution in [0.3, 0.4) is 0 Å². The molecule has 5 nitrogen and oxygen atoms in total. The van der Waals surface area contributed by atoms with E-state index in [4.69, 9.17) is 9.47 Å². The van der Waals surface area contributed by atoms with Crippen molar-refractivity contribution in [1.29, 1.82) is 0 Å². The molecule has 0 saturated carbocycles. The van der Waals surface area contributed by atoms with Crippen molar-refractivity contribution in [2.45, 2.75) is 13.3 Å². The van der Waals surface area contributed by atoms with Gasteiger partial charge in [0.25, 0.3) is 0 Å². The van der Waals surface area contributed by atoms with Gasteiger partial charge in [0.15, 0.2) is 0 Å². The lowest BCUT2D eigenvalue weighted by Gasteiger charge is -2.08. The van der Waals surface area contributed by atoms with Gasteiger partial charge in [0, 0.05) is 25.2 Å². The summed E-state index contributed by atoms with van der Waals surface area (Å²) in [5.41, 5.74) is 3.24. The lowest BCUT2D eigenvalue weighted by atomic mass is 10.1. The van der Waals surface area contributed by atoms with E-state index in [9.17, 15) is 4.79 Å². The van der Waals surface area contributed by atoms with Gasteiger partial charge in [-0.3, -0.25) is 4.57 Å². The quantitative estimate of drug-likeness (QED) is 0.770. The Balaban J connectivity index is 2.31. The number of methoxy groups -OCH3 is 1. The highest BCUT2D eigenvalue weighted by atomic mass is 16.6. The minimum absolute atomic E-state index is 0.258. The van der Waals surface area contributed by atoms with E-state index < -0.39 is 0 Å². The van der Waals surface area contributed by atoms with Crippen molar-refractivity contribution >= 4 is 17.0 Å². The second-order valence-corrected chi connectivity index (χ2v) is 5.71. The van der Waals surface area contributed by atoms with E-state index in [0.29, 0.717) is 6.61 Å². The highest BCUT2D eigenvalue weighted by molar-refractivity contribution is 5.92. The molecule has 0 aliphatic rings. The molecular weight excluding hydrogens is 280 g/mol. The molecule has 0 atom stereocenters. The molecule has 0 amide bonds. The van der Waals surface area contributed by atoms with E-state index in [1.165, 1.54) is 5.56 Å². The maximum Gasteiger partial charge on any atom is 0.418 e. The molecule has 0 bridgehead atoms. The highest BCUT2D eigenvalue weighted by Gasteiger charge is 2.15. The summed E-state index contributed by atoms with van der Waals surface area (Å²) in [7, 11) is 5.67. The van der Waals surface area contributed by atoms with Crippen LogP contribution < -0.4 is 0 Å². The first-order valence-electron chi connectivity index (χ1n) is 7.44. The molecule has 0 saturated heterocycles. The summed E-state index contributed by atoms with van der Waals surface area (Å²) in [5.74, 6) is 0. The average molecular weight is 304 g/mol. The fourth-order valence-electron chi connectivity index (χ4n) is 2.39. The molecular formula is C17H24N2O3. The number of hydrogen-bond donors (Lipinski definition) is 0. The first kappa shape index (κ1) is 16.5. The third kappa shape index (κ3) is 3.87. The lowest BCUT2D eigenvalue weighted by Crippen LogP contribution is -2.16. The van der Waals surface area contributed by atoms with E-state index in [-0.39, 0.29) is 12.7 Å². The van der Waals surface area contributed by atoms with Gasteiger partial charge in [0.2, 0.25) is 0 Å². The van der Waals surface area contributed by atoms with Gasteiger partial charge in [-0.25, -0.2) is 4.79 Å². The van der Waals surface area contributed by atoms with Gasteiger partial charge in [0.05, 0.1) is 12.1 Å². The van der Waals surface area contributed by atoms with E-state index in [2.05, 4.69) is 17.9 Å². The molecule has 0 N–H and O–H groups in total. The molecule has 2 rings (SSSR count). The SMILES string of the molecule is COCCOC(=O)n1cc(CCN(C)C)c2cc(C)ccc21. The number of likely N-dealkylation sites (N-methyl/N-ethyl adjacent to an activating group) is 1. The highest BCUT2D eigenvalue weighted by Crippen LogP contribution is 2.23. The number of aromatic nitrogens is 1. The van der Waals surface area contributed by atoms with Gasteiger partial charge in [0.1, 0.15) is 6.61 Å². The zero-order chi connectivity index (χ0) is 16.1. The number of carbonyl (C=O) groups excluding carboxylic acids is 1. The Labute approximate surface area is 131 Å². The Morgan fingerprint density at radius 3 is 2.73 bits per heavy atom. The van der Waals surface area contributed by atoms with Crippen LogP contribution in [0, 0.1) is 6.92 Å². The molecule has 0 spiro atoms. The maximum atomic E-state index is 12.2. The van der Waals surface area contributed by atoms with Crippen LogP contribution in [0.25, 0.3) is 10.9 Å². The third-order valence-electron chi connectivity index (χ3n) is 3.58. The number of fused-ring (bicyclic) bond motifs is 1. The van der Waals surface area contributed by atoms with Gasteiger partial charge >= 0.3 is 6.09 Å². The molecule has 0 aliphatic heterocycles. The molecule has 120 valence electrons. The van der Waals surface area contributed by atoms with Crippen LogP contribution in [0.15, 0.2) is 24.4 Å². The average Bonchev–Trinajstić information content (AvgIpc) is 2.83. The number of carbonyl (C=O) groups is 1. The van der Waals surface area contributed by atoms with Crippen LogP contribution in [0.2, 0.25) is 0 Å². The van der Waals surface area contributed by atoms with E-state index in [0.717, 1.165) is 29.4 Å². The number of ether oxygens (including phenoxy) is 2. The summed E-state index contributed by atoms with van der Waals surface area (Å²) in [6.45, 7) is 3.65. The van der Waals surface area contributed by atoms with Crippen LogP contribution in [0.4, 0.5) is 4.79 Å². The topological polar surface area (TPSA) is 43.7 Å². The first-order valence-corrected chi connectivity index (χ1v) is 7.44. The normalized spacial score (nSPS) is 11.3. The van der Waals surface area contributed by atoms with Crippen molar-refractivity contribution in [1.82, 2.24) is 9.47 Å². The summed E-state index contributed by atoms with van der Waals surface area (Å²) in [4.78, 5) is 14.4. The van der Waals surface area contributed by atoms with Crippen molar-refractivity contribution in [2.75, 3.05) is 41.0 Å². The molecule has 22 heavy (non-hydrogen) atoms. The predicted molar refractivity (Wildman–Crippen MR) is 87.6 cm³/mol. The molecule has 5 heteroatoms. The Bertz CT molecular complexity index is 647. The van der Waals surface area contributed by atoms with Crippen LogP contribution in [0.5, 0.6) is 0 Å². The Morgan fingerprint density at radius 1 is 1.27 bits per heavy atom. The Morgan fingerprint density at radius 2 is 2.05 bits per heavy atom. The molecule has 1 aromatic carbocycles. The summed E-state index contributed by atoms with van der Waals surface area (Å²) >= 11 is 0. The summed E-state index contributed by atoms with van der Waals surface area (Å²) in [5, 5.41) is 1.12. The van der Waals surface area contributed by atoms with Gasteiger partial charge in [-0.1, -0.05) is 11.6 Å². The zero-order valence-electron chi connectivity index (χ0n) is 13.8. The molecule has 1 heterocycles. The van der Waals surface area contributed by atoms with Gasteiger partial charge in [-0.15, -0.1) is 0 Å². The minimum Gasteiger partial charge on any atom is -0.446 e. The smallest absolute Gasteiger partial charge is 0.418 e. The maximum absolute atomic E-state index is 12.2. The van der Waals surface area contributed by atoms with Gasteiger partial charge in [-0.2, -0.15) is 0 Å². The van der Waals surface area contributed by atoms with Crippen LogP contribution in [-0.2, 0) is 15.9 Å². The molecule has 1 aromatic heterocycles. The number of nitrogens with zero attached hydrogens (tertiary/aromatic N) is 2. The van der Waals surface area contributed by atoms with Crippen LogP contribution in [-0.4, -0.2) is 56.5 Å². The van der Waals surface area contributed by atoms with Gasteiger partial charge in [-0.05, 0) is 45.1 Å². The summed E-state index contributed by atoms with van der Waals surface area (Å²) in [6.07, 6.45) is 2.43. The Hall–Kier alpha value is -1.85. The number of aryl methyl sites for hydroxylation is 1. The van der Waals surface area contributed by atoms with E-state index in [1.54, 1.807) is 11.7 Å². The third-order valence-corrected chi connectivity index (χ3v) is 3.58. The molecule has 0 unspecified atom stereocenters. The fraction of sp³-hybridized carbons (Fsp3) is 0.471. The first-order chi connectivity index (χ1) is 10.5. The van der Waals surface area contributed by atoms with E-state index in [1.807, 2.05) is 32.4 Å². The predicted octanol–water partition coefficient (Wildman–Crippen LogP) is 2.68. The van der Waals surface area contributed by atoms with Crippen molar-refractivity contribution in [2.24, 2.45) is 0 Å². The van der Waals surface area contributed by atoms with Crippen molar-refractivity contribution in [3.63, 3.8) is 0 Å². The molecule has 0 aliphatic carbocycles. The molecule has 0 fully saturated rings. The monoisotopic (exact) mass is 304 g/mol. The zero-order valence-corrected chi connectivity index (χ0v) is 13.8. The largest absolute Gasteiger partial charge is 0.446 e. The summed E-state index contributed by atoms with van der Waals surface area (Å²) in [6, 6.07) is 6.11. The standard InChI is InChI=1S/C17H24N2O3/c1-13-5-6-16-15(11-13)14(7-8-18(2)3)12-19(16)17(20)22-10-9-21-4/h5-6,11-12H,7-10H2,1-4H3. The van der Waals surface area contributed by atoms with Crippen molar-refractivity contribution < 1.29 is 14.3 Å². The van der Waals surface area contributed by atoms with Crippen molar-refractivity contribution in [3.05, 3.63) is 35.5 Å². The Kier molecular flexibility index (Phi) is 5.57. The van der Waals surface area contributed by atoms with Crippen LogP contribution in [0.1, 0.15) is 11.1 Å². The number of rotatable bonds is 6. The lowest BCUT2D eigenvalue weighted by molar-refractivity contribution is 0.100.